The lowest BCUT2D eigenvalue weighted by Crippen LogP contribution is -2.47. The normalized spacial score (nSPS) is 23.9. The van der Waals surface area contributed by atoms with Gasteiger partial charge in [0, 0.05) is 32.6 Å². The standard InChI is InChI=1S/C14H24N2O5/c1-19-14(18)12-11-15(5-10-21-12)4-2-3-13(17)16-6-8-20-9-7-16/h12H,2-11H2,1H3. The van der Waals surface area contributed by atoms with Crippen LogP contribution in [0.5, 0.6) is 0 Å². The van der Waals surface area contributed by atoms with Gasteiger partial charge in [-0.3, -0.25) is 9.69 Å². The second-order valence-corrected chi connectivity index (χ2v) is 5.28. The van der Waals surface area contributed by atoms with Crippen LogP contribution in [0.4, 0.5) is 0 Å². The fourth-order valence-electron chi connectivity index (χ4n) is 2.60. The van der Waals surface area contributed by atoms with Crippen LogP contribution in [0, 0.1) is 0 Å². The van der Waals surface area contributed by atoms with Crippen molar-refractivity contribution in [2.45, 2.75) is 18.9 Å². The second-order valence-electron chi connectivity index (χ2n) is 5.28. The zero-order valence-corrected chi connectivity index (χ0v) is 12.6. The van der Waals surface area contributed by atoms with Crippen LogP contribution in [0.15, 0.2) is 0 Å². The summed E-state index contributed by atoms with van der Waals surface area (Å²) in [6.45, 7) is 5.31. The molecule has 21 heavy (non-hydrogen) atoms. The smallest absolute Gasteiger partial charge is 0.336 e. The van der Waals surface area contributed by atoms with E-state index in [0.717, 1.165) is 19.5 Å². The fourth-order valence-corrected chi connectivity index (χ4v) is 2.60. The molecule has 1 amide bonds. The number of methoxy groups -OCH3 is 1. The topological polar surface area (TPSA) is 68.3 Å². The lowest BCUT2D eigenvalue weighted by atomic mass is 10.2. The minimum absolute atomic E-state index is 0.191. The molecule has 7 nitrogen and oxygen atoms in total. The zero-order chi connectivity index (χ0) is 15.1. The monoisotopic (exact) mass is 300 g/mol. The van der Waals surface area contributed by atoms with E-state index in [4.69, 9.17) is 14.2 Å². The largest absolute Gasteiger partial charge is 0.467 e. The molecule has 0 aromatic rings. The first kappa shape index (κ1) is 16.2. The molecule has 2 aliphatic heterocycles. The molecule has 1 atom stereocenters. The highest BCUT2D eigenvalue weighted by atomic mass is 16.6. The minimum Gasteiger partial charge on any atom is -0.467 e. The lowest BCUT2D eigenvalue weighted by molar-refractivity contribution is -0.159. The first-order valence-corrected chi connectivity index (χ1v) is 7.48. The summed E-state index contributed by atoms with van der Waals surface area (Å²) in [6.07, 6.45) is 0.836. The molecule has 2 aliphatic rings. The number of amides is 1. The van der Waals surface area contributed by atoms with Gasteiger partial charge in [-0.25, -0.2) is 4.79 Å². The average Bonchev–Trinajstić information content (AvgIpc) is 2.55. The minimum atomic E-state index is -0.501. The number of nitrogens with zero attached hydrogens (tertiary/aromatic N) is 2. The molecule has 0 N–H and O–H groups in total. The summed E-state index contributed by atoms with van der Waals surface area (Å²) < 4.78 is 15.3. The van der Waals surface area contributed by atoms with Crippen LogP contribution < -0.4 is 0 Å². The molecule has 2 heterocycles. The molecular formula is C14H24N2O5. The number of hydrogen-bond acceptors (Lipinski definition) is 6. The second kappa shape index (κ2) is 8.31. The van der Waals surface area contributed by atoms with Crippen molar-refractivity contribution in [3.8, 4) is 0 Å². The summed E-state index contributed by atoms with van der Waals surface area (Å²) in [5.41, 5.74) is 0. The van der Waals surface area contributed by atoms with E-state index in [1.807, 2.05) is 4.90 Å². The van der Waals surface area contributed by atoms with Crippen molar-refractivity contribution in [3.05, 3.63) is 0 Å². The summed E-state index contributed by atoms with van der Waals surface area (Å²) in [5, 5.41) is 0. The van der Waals surface area contributed by atoms with E-state index < -0.39 is 6.10 Å². The number of carbonyl (C=O) groups is 2. The Labute approximate surface area is 125 Å². The van der Waals surface area contributed by atoms with Crippen LogP contribution in [0.1, 0.15) is 12.8 Å². The van der Waals surface area contributed by atoms with E-state index in [1.54, 1.807) is 0 Å². The van der Waals surface area contributed by atoms with Gasteiger partial charge in [0.2, 0.25) is 5.91 Å². The Balaban J connectivity index is 1.65. The zero-order valence-electron chi connectivity index (χ0n) is 12.6. The predicted molar refractivity (Wildman–Crippen MR) is 74.8 cm³/mol. The number of ether oxygens (including phenoxy) is 3. The predicted octanol–water partition coefficient (Wildman–Crippen LogP) is -0.501. The highest BCUT2D eigenvalue weighted by Gasteiger charge is 2.27. The Hall–Kier alpha value is -1.18. The van der Waals surface area contributed by atoms with Gasteiger partial charge in [-0.2, -0.15) is 0 Å². The van der Waals surface area contributed by atoms with Gasteiger partial charge < -0.3 is 19.1 Å². The number of hydrogen-bond donors (Lipinski definition) is 0. The maximum absolute atomic E-state index is 12.0. The summed E-state index contributed by atoms with van der Waals surface area (Å²) in [4.78, 5) is 27.5. The SMILES string of the molecule is COC(=O)C1CN(CCCC(=O)N2CCOCC2)CCO1. The number of morpholine rings is 2. The fraction of sp³-hybridized carbons (Fsp3) is 0.857. The van der Waals surface area contributed by atoms with Crippen molar-refractivity contribution in [2.75, 3.05) is 59.7 Å². The molecule has 120 valence electrons. The van der Waals surface area contributed by atoms with Crippen molar-refractivity contribution >= 4 is 11.9 Å². The van der Waals surface area contributed by atoms with Crippen LogP contribution >= 0.6 is 0 Å². The molecule has 7 heteroatoms. The maximum Gasteiger partial charge on any atom is 0.336 e. The van der Waals surface area contributed by atoms with Gasteiger partial charge >= 0.3 is 5.97 Å². The molecule has 1 unspecified atom stereocenters. The molecule has 0 bridgehead atoms. The Bertz CT molecular complexity index is 357. The molecule has 0 aromatic heterocycles. The van der Waals surface area contributed by atoms with Gasteiger partial charge in [0.15, 0.2) is 6.10 Å². The molecule has 0 spiro atoms. The maximum atomic E-state index is 12.0. The molecule has 2 saturated heterocycles. The highest BCUT2D eigenvalue weighted by Crippen LogP contribution is 2.09. The highest BCUT2D eigenvalue weighted by molar-refractivity contribution is 5.76. The molecule has 0 radical (unpaired) electrons. The Morgan fingerprint density at radius 1 is 1.19 bits per heavy atom. The van der Waals surface area contributed by atoms with Gasteiger partial charge in [-0.1, -0.05) is 0 Å². The number of esters is 1. The lowest BCUT2D eigenvalue weighted by Gasteiger charge is -2.31. The van der Waals surface area contributed by atoms with Crippen molar-refractivity contribution in [1.29, 1.82) is 0 Å². The van der Waals surface area contributed by atoms with E-state index in [9.17, 15) is 9.59 Å². The van der Waals surface area contributed by atoms with Crippen molar-refractivity contribution in [1.82, 2.24) is 9.80 Å². The summed E-state index contributed by atoms with van der Waals surface area (Å²) in [5.74, 6) is -0.139. The average molecular weight is 300 g/mol. The Morgan fingerprint density at radius 3 is 2.67 bits per heavy atom. The quantitative estimate of drug-likeness (QED) is 0.638. The molecule has 0 saturated carbocycles. The molecule has 0 aromatic carbocycles. The van der Waals surface area contributed by atoms with Crippen molar-refractivity contribution < 1.29 is 23.8 Å². The molecule has 2 fully saturated rings. The summed E-state index contributed by atoms with van der Waals surface area (Å²) >= 11 is 0. The van der Waals surface area contributed by atoms with Crippen LogP contribution in [0.25, 0.3) is 0 Å². The van der Waals surface area contributed by atoms with Crippen LogP contribution in [-0.4, -0.2) is 87.4 Å². The van der Waals surface area contributed by atoms with Crippen LogP contribution in [-0.2, 0) is 23.8 Å². The molecule has 2 rings (SSSR count). The first-order valence-electron chi connectivity index (χ1n) is 7.48. The van der Waals surface area contributed by atoms with Crippen molar-refractivity contribution in [2.24, 2.45) is 0 Å². The Kier molecular flexibility index (Phi) is 6.41. The van der Waals surface area contributed by atoms with Crippen molar-refractivity contribution in [3.63, 3.8) is 0 Å². The van der Waals surface area contributed by atoms with Crippen LogP contribution in [0.3, 0.4) is 0 Å². The number of rotatable bonds is 5. The van der Waals surface area contributed by atoms with E-state index in [0.29, 0.717) is 45.9 Å². The third kappa shape index (κ3) is 4.94. The van der Waals surface area contributed by atoms with E-state index in [-0.39, 0.29) is 11.9 Å². The summed E-state index contributed by atoms with van der Waals surface area (Å²) in [7, 11) is 1.37. The van der Waals surface area contributed by atoms with E-state index >= 15 is 0 Å². The van der Waals surface area contributed by atoms with Gasteiger partial charge in [0.05, 0.1) is 26.9 Å². The third-order valence-electron chi connectivity index (χ3n) is 3.84. The first-order chi connectivity index (χ1) is 10.2. The van der Waals surface area contributed by atoms with E-state index in [1.165, 1.54) is 7.11 Å². The van der Waals surface area contributed by atoms with E-state index in [2.05, 4.69) is 4.90 Å². The van der Waals surface area contributed by atoms with Gasteiger partial charge in [0.1, 0.15) is 0 Å². The summed E-state index contributed by atoms with van der Waals surface area (Å²) in [6, 6.07) is 0. The van der Waals surface area contributed by atoms with Gasteiger partial charge in [-0.05, 0) is 13.0 Å². The van der Waals surface area contributed by atoms with Crippen LogP contribution in [0.2, 0.25) is 0 Å². The molecule has 0 aliphatic carbocycles. The Morgan fingerprint density at radius 2 is 1.95 bits per heavy atom. The number of carbonyl (C=O) groups excluding carboxylic acids is 2. The third-order valence-corrected chi connectivity index (χ3v) is 3.84. The van der Waals surface area contributed by atoms with Gasteiger partial charge in [0.25, 0.3) is 0 Å². The molecular weight excluding hydrogens is 276 g/mol. The van der Waals surface area contributed by atoms with Gasteiger partial charge in [-0.15, -0.1) is 0 Å².